The summed E-state index contributed by atoms with van der Waals surface area (Å²) in [4.78, 5) is 21.6. The van der Waals surface area contributed by atoms with Crippen LogP contribution < -0.4 is 4.74 Å². The number of ether oxygens (including phenoxy) is 2. The Bertz CT molecular complexity index is 420. The van der Waals surface area contributed by atoms with Gasteiger partial charge >= 0.3 is 5.97 Å². The molecule has 0 aliphatic rings. The van der Waals surface area contributed by atoms with Crippen molar-refractivity contribution in [2.75, 3.05) is 0 Å². The smallest absolute Gasteiger partial charge is 0.336 e. The molecule has 0 fully saturated rings. The largest absolute Gasteiger partial charge is 0.455 e. The predicted octanol–water partition coefficient (Wildman–Crippen LogP) is 2.34. The molecule has 0 aliphatic carbocycles. The van der Waals surface area contributed by atoms with Gasteiger partial charge in [0.1, 0.15) is 12.0 Å². The summed E-state index contributed by atoms with van der Waals surface area (Å²) >= 11 is 0. The maximum absolute atomic E-state index is 11.2. The molecule has 0 saturated heterocycles. The molecular weight excluding hydrogens is 220 g/mol. The lowest BCUT2D eigenvalue weighted by Gasteiger charge is -2.15. The van der Waals surface area contributed by atoms with Gasteiger partial charge in [-0.3, -0.25) is 4.79 Å². The Hall–Kier alpha value is -2.10. The molecule has 0 aromatic heterocycles. The average molecular weight is 234 g/mol. The molecule has 0 radical (unpaired) electrons. The van der Waals surface area contributed by atoms with Crippen molar-refractivity contribution in [3.05, 3.63) is 42.0 Å². The lowest BCUT2D eigenvalue weighted by molar-refractivity contribution is -0.156. The van der Waals surface area contributed by atoms with Gasteiger partial charge in [0.2, 0.25) is 6.29 Å². The van der Waals surface area contributed by atoms with Gasteiger partial charge in [0, 0.05) is 18.1 Å². The summed E-state index contributed by atoms with van der Waals surface area (Å²) in [5.41, 5.74) is 0.876. The SMILES string of the molecule is C=C(C)C(=O)OC(C)Oc1ccc(C=O)cc1. The van der Waals surface area contributed by atoms with Crippen LogP contribution in [0.3, 0.4) is 0 Å². The molecule has 17 heavy (non-hydrogen) atoms. The van der Waals surface area contributed by atoms with E-state index in [1.807, 2.05) is 0 Å². The van der Waals surface area contributed by atoms with Crippen LogP contribution in [0.2, 0.25) is 0 Å². The van der Waals surface area contributed by atoms with E-state index in [0.717, 1.165) is 6.29 Å². The van der Waals surface area contributed by atoms with Crippen LogP contribution in [0.1, 0.15) is 24.2 Å². The van der Waals surface area contributed by atoms with Gasteiger partial charge in [-0.25, -0.2) is 4.79 Å². The van der Waals surface area contributed by atoms with Crippen LogP contribution in [0.5, 0.6) is 5.75 Å². The van der Waals surface area contributed by atoms with Crippen LogP contribution in [-0.2, 0) is 9.53 Å². The molecule has 1 aromatic carbocycles. The Morgan fingerprint density at radius 3 is 2.41 bits per heavy atom. The van der Waals surface area contributed by atoms with Crippen molar-refractivity contribution in [2.24, 2.45) is 0 Å². The Balaban J connectivity index is 2.55. The standard InChI is InChI=1S/C13H14O4/c1-9(2)13(15)17-10(3)16-12-6-4-11(8-14)5-7-12/h4-8,10H,1H2,2-3H3. The molecule has 1 aromatic rings. The third kappa shape index (κ3) is 4.10. The molecular formula is C13H14O4. The Kier molecular flexibility index (Phi) is 4.46. The maximum Gasteiger partial charge on any atom is 0.336 e. The summed E-state index contributed by atoms with van der Waals surface area (Å²) in [7, 11) is 0. The van der Waals surface area contributed by atoms with Crippen molar-refractivity contribution >= 4 is 12.3 Å². The third-order valence-corrected chi connectivity index (χ3v) is 1.94. The molecule has 0 amide bonds. The van der Waals surface area contributed by atoms with Crippen LogP contribution in [0, 0.1) is 0 Å². The highest BCUT2D eigenvalue weighted by Crippen LogP contribution is 2.13. The number of aldehydes is 1. The number of hydrogen-bond acceptors (Lipinski definition) is 4. The van der Waals surface area contributed by atoms with Crippen LogP contribution in [0.15, 0.2) is 36.4 Å². The number of rotatable bonds is 5. The summed E-state index contributed by atoms with van der Waals surface area (Å²) in [5.74, 6) is 0.0274. The van der Waals surface area contributed by atoms with Gasteiger partial charge < -0.3 is 9.47 Å². The summed E-state index contributed by atoms with van der Waals surface area (Å²) < 4.78 is 10.3. The second-order valence-electron chi connectivity index (χ2n) is 3.56. The van der Waals surface area contributed by atoms with E-state index in [1.165, 1.54) is 0 Å². The second kappa shape index (κ2) is 5.84. The molecule has 90 valence electrons. The zero-order valence-electron chi connectivity index (χ0n) is 9.80. The van der Waals surface area contributed by atoms with E-state index in [-0.39, 0.29) is 0 Å². The third-order valence-electron chi connectivity index (χ3n) is 1.94. The summed E-state index contributed by atoms with van der Waals surface area (Å²) in [6, 6.07) is 6.51. The van der Waals surface area contributed by atoms with Crippen molar-refractivity contribution in [3.63, 3.8) is 0 Å². The van der Waals surface area contributed by atoms with E-state index in [4.69, 9.17) is 9.47 Å². The van der Waals surface area contributed by atoms with E-state index in [2.05, 4.69) is 6.58 Å². The predicted molar refractivity (Wildman–Crippen MR) is 62.8 cm³/mol. The average Bonchev–Trinajstić information content (AvgIpc) is 2.29. The van der Waals surface area contributed by atoms with Crippen molar-refractivity contribution in [1.29, 1.82) is 0 Å². The van der Waals surface area contributed by atoms with Gasteiger partial charge in [0.15, 0.2) is 0 Å². The molecule has 1 unspecified atom stereocenters. The quantitative estimate of drug-likeness (QED) is 0.339. The molecule has 0 heterocycles. The van der Waals surface area contributed by atoms with Gasteiger partial charge in [0.25, 0.3) is 0 Å². The van der Waals surface area contributed by atoms with E-state index in [9.17, 15) is 9.59 Å². The van der Waals surface area contributed by atoms with Gasteiger partial charge in [-0.15, -0.1) is 0 Å². The van der Waals surface area contributed by atoms with Crippen molar-refractivity contribution < 1.29 is 19.1 Å². The fraction of sp³-hybridized carbons (Fsp3) is 0.231. The zero-order chi connectivity index (χ0) is 12.8. The monoisotopic (exact) mass is 234 g/mol. The topological polar surface area (TPSA) is 52.6 Å². The number of carbonyl (C=O) groups excluding carboxylic acids is 2. The van der Waals surface area contributed by atoms with Crippen LogP contribution in [0.25, 0.3) is 0 Å². The summed E-state index contributed by atoms with van der Waals surface area (Å²) in [6.45, 7) is 6.64. The highest BCUT2D eigenvalue weighted by molar-refractivity contribution is 5.87. The Morgan fingerprint density at radius 2 is 1.94 bits per heavy atom. The maximum atomic E-state index is 11.2. The molecule has 0 bridgehead atoms. The number of carbonyl (C=O) groups is 2. The number of benzene rings is 1. The van der Waals surface area contributed by atoms with E-state index < -0.39 is 12.3 Å². The molecule has 0 saturated carbocycles. The van der Waals surface area contributed by atoms with E-state index in [0.29, 0.717) is 16.9 Å². The van der Waals surface area contributed by atoms with Crippen molar-refractivity contribution in [2.45, 2.75) is 20.1 Å². The van der Waals surface area contributed by atoms with Gasteiger partial charge in [-0.1, -0.05) is 6.58 Å². The molecule has 0 aliphatic heterocycles. The number of hydrogen-bond donors (Lipinski definition) is 0. The first-order valence-corrected chi connectivity index (χ1v) is 5.11. The van der Waals surface area contributed by atoms with Crippen LogP contribution >= 0.6 is 0 Å². The summed E-state index contributed by atoms with van der Waals surface area (Å²) in [5, 5.41) is 0. The molecule has 4 heteroatoms. The fourth-order valence-corrected chi connectivity index (χ4v) is 1.09. The Labute approximate surface area is 99.8 Å². The van der Waals surface area contributed by atoms with Crippen molar-refractivity contribution in [1.82, 2.24) is 0 Å². The van der Waals surface area contributed by atoms with Gasteiger partial charge in [-0.2, -0.15) is 0 Å². The first-order chi connectivity index (χ1) is 8.02. The minimum atomic E-state index is -0.707. The fourth-order valence-electron chi connectivity index (χ4n) is 1.09. The highest BCUT2D eigenvalue weighted by atomic mass is 16.7. The minimum Gasteiger partial charge on any atom is -0.455 e. The first kappa shape index (κ1) is 13.0. The zero-order valence-corrected chi connectivity index (χ0v) is 9.80. The molecule has 1 rings (SSSR count). The molecule has 0 N–H and O–H groups in total. The molecule has 0 spiro atoms. The Morgan fingerprint density at radius 1 is 1.35 bits per heavy atom. The lowest BCUT2D eigenvalue weighted by Crippen LogP contribution is -2.21. The molecule has 4 nitrogen and oxygen atoms in total. The van der Waals surface area contributed by atoms with Crippen LogP contribution in [0.4, 0.5) is 0 Å². The summed E-state index contributed by atoms with van der Waals surface area (Å²) in [6.07, 6.45) is 0.0372. The normalized spacial score (nSPS) is 11.4. The van der Waals surface area contributed by atoms with E-state index in [1.54, 1.807) is 38.1 Å². The molecule has 1 atom stereocenters. The first-order valence-electron chi connectivity index (χ1n) is 5.11. The van der Waals surface area contributed by atoms with E-state index >= 15 is 0 Å². The van der Waals surface area contributed by atoms with Crippen LogP contribution in [-0.4, -0.2) is 18.5 Å². The highest BCUT2D eigenvalue weighted by Gasteiger charge is 2.10. The van der Waals surface area contributed by atoms with Gasteiger partial charge in [0.05, 0.1) is 0 Å². The minimum absolute atomic E-state index is 0.316. The van der Waals surface area contributed by atoms with Gasteiger partial charge in [-0.05, 0) is 31.2 Å². The second-order valence-corrected chi connectivity index (χ2v) is 3.56. The lowest BCUT2D eigenvalue weighted by atomic mass is 10.2. The number of esters is 1. The van der Waals surface area contributed by atoms with Crippen molar-refractivity contribution in [3.8, 4) is 5.75 Å².